The van der Waals surface area contributed by atoms with E-state index in [2.05, 4.69) is 15.5 Å². The lowest BCUT2D eigenvalue weighted by Gasteiger charge is -2.26. The number of alkyl halides is 3. The van der Waals surface area contributed by atoms with Gasteiger partial charge in [-0.2, -0.15) is 18.4 Å². The van der Waals surface area contributed by atoms with E-state index in [0.717, 1.165) is 30.8 Å². The predicted molar refractivity (Wildman–Crippen MR) is 110 cm³/mol. The Balaban J connectivity index is 1.56. The van der Waals surface area contributed by atoms with Crippen molar-refractivity contribution >= 4 is 17.3 Å². The summed E-state index contributed by atoms with van der Waals surface area (Å²) in [4.78, 5) is 14.4. The van der Waals surface area contributed by atoms with Crippen LogP contribution in [0.15, 0.2) is 42.5 Å². The number of benzene rings is 2. The summed E-state index contributed by atoms with van der Waals surface area (Å²) in [5, 5.41) is 15.0. The van der Waals surface area contributed by atoms with Crippen LogP contribution in [0.2, 0.25) is 0 Å². The van der Waals surface area contributed by atoms with Crippen LogP contribution < -0.4 is 10.6 Å². The molecule has 0 unspecified atom stereocenters. The number of hydrogen-bond donors (Lipinski definition) is 2. The minimum absolute atomic E-state index is 0.0811. The van der Waals surface area contributed by atoms with E-state index in [1.807, 2.05) is 6.07 Å². The Morgan fingerprint density at radius 1 is 1.16 bits per heavy atom. The van der Waals surface area contributed by atoms with Crippen molar-refractivity contribution in [3.05, 3.63) is 59.2 Å². The molecule has 164 valence electrons. The number of nitriles is 1. The molecular weight excluding hydrogens is 409 g/mol. The largest absolute Gasteiger partial charge is 0.416 e. The quantitative estimate of drug-likeness (QED) is 0.695. The highest BCUT2D eigenvalue weighted by molar-refractivity contribution is 5.90. The average molecular weight is 432 g/mol. The van der Waals surface area contributed by atoms with E-state index in [1.165, 1.54) is 6.07 Å². The third kappa shape index (κ3) is 6.70. The zero-order valence-corrected chi connectivity index (χ0v) is 16.8. The molecule has 3 rings (SSSR count). The number of ether oxygens (including phenoxy) is 1. The van der Waals surface area contributed by atoms with Crippen molar-refractivity contribution < 1.29 is 22.7 Å². The summed E-state index contributed by atoms with van der Waals surface area (Å²) in [5.74, 6) is -0.0916. The first-order valence-electron chi connectivity index (χ1n) is 9.89. The molecule has 2 aromatic carbocycles. The number of nitrogens with zero attached hydrogens (tertiary/aromatic N) is 2. The standard InChI is InChI=1S/C22H23F3N4O2/c23-22(24,25)18-4-5-20(17(13-18)14-26)27-15-16-2-1-3-19(12-16)28-21(30)6-7-29-8-10-31-11-9-29/h1-5,12-13,27H,6-11,15H2,(H,28,30). The fourth-order valence-electron chi connectivity index (χ4n) is 3.23. The average Bonchev–Trinajstić information content (AvgIpc) is 2.76. The molecule has 0 atom stereocenters. The van der Waals surface area contributed by atoms with Crippen LogP contribution in [0.3, 0.4) is 0 Å². The van der Waals surface area contributed by atoms with Gasteiger partial charge in [-0.1, -0.05) is 12.1 Å². The lowest BCUT2D eigenvalue weighted by Crippen LogP contribution is -2.38. The molecule has 1 aliphatic rings. The summed E-state index contributed by atoms with van der Waals surface area (Å²) in [7, 11) is 0. The number of carbonyl (C=O) groups excluding carboxylic acids is 1. The first-order valence-corrected chi connectivity index (χ1v) is 9.89. The maximum Gasteiger partial charge on any atom is 0.416 e. The molecule has 9 heteroatoms. The molecule has 0 aliphatic carbocycles. The highest BCUT2D eigenvalue weighted by Gasteiger charge is 2.31. The van der Waals surface area contributed by atoms with Gasteiger partial charge in [0.2, 0.25) is 5.91 Å². The maximum atomic E-state index is 12.8. The number of nitrogens with one attached hydrogen (secondary N) is 2. The van der Waals surface area contributed by atoms with E-state index in [1.54, 1.807) is 24.3 Å². The van der Waals surface area contributed by atoms with Gasteiger partial charge >= 0.3 is 6.18 Å². The molecule has 1 amide bonds. The Morgan fingerprint density at radius 3 is 2.65 bits per heavy atom. The van der Waals surface area contributed by atoms with Crippen molar-refractivity contribution in [1.29, 1.82) is 5.26 Å². The predicted octanol–water partition coefficient (Wildman–Crippen LogP) is 3.85. The van der Waals surface area contributed by atoms with Crippen molar-refractivity contribution in [3.8, 4) is 6.07 Å². The third-order valence-electron chi connectivity index (χ3n) is 4.92. The van der Waals surface area contributed by atoms with Crippen molar-refractivity contribution in [2.75, 3.05) is 43.5 Å². The summed E-state index contributed by atoms with van der Waals surface area (Å²) in [6, 6.07) is 12.0. The highest BCUT2D eigenvalue weighted by Crippen LogP contribution is 2.31. The monoisotopic (exact) mass is 432 g/mol. The Labute approximate surface area is 178 Å². The highest BCUT2D eigenvalue weighted by atomic mass is 19.4. The van der Waals surface area contributed by atoms with Gasteiger partial charge in [0.25, 0.3) is 0 Å². The number of halogens is 3. The molecule has 1 aliphatic heterocycles. The zero-order chi connectivity index (χ0) is 22.3. The first-order chi connectivity index (χ1) is 14.8. The molecule has 0 saturated carbocycles. The lowest BCUT2D eigenvalue weighted by molar-refractivity contribution is -0.137. The SMILES string of the molecule is N#Cc1cc(C(F)(F)F)ccc1NCc1cccc(NC(=O)CCN2CCOCC2)c1. The molecule has 6 nitrogen and oxygen atoms in total. The van der Waals surface area contributed by atoms with Gasteiger partial charge in [0.05, 0.1) is 30.0 Å². The lowest BCUT2D eigenvalue weighted by atomic mass is 10.1. The number of anilines is 2. The van der Waals surface area contributed by atoms with Crippen molar-refractivity contribution in [3.63, 3.8) is 0 Å². The summed E-state index contributed by atoms with van der Waals surface area (Å²) < 4.78 is 43.8. The van der Waals surface area contributed by atoms with Gasteiger partial charge < -0.3 is 15.4 Å². The van der Waals surface area contributed by atoms with Crippen LogP contribution in [0, 0.1) is 11.3 Å². The maximum absolute atomic E-state index is 12.8. The topological polar surface area (TPSA) is 77.4 Å². The van der Waals surface area contributed by atoms with E-state index in [9.17, 15) is 23.2 Å². The summed E-state index contributed by atoms with van der Waals surface area (Å²) in [6.07, 6.45) is -4.13. The van der Waals surface area contributed by atoms with Crippen LogP contribution in [0.5, 0.6) is 0 Å². The molecule has 1 saturated heterocycles. The van der Waals surface area contributed by atoms with E-state index in [-0.39, 0.29) is 18.0 Å². The van der Waals surface area contributed by atoms with Gasteiger partial charge in [-0.15, -0.1) is 0 Å². The number of rotatable bonds is 7. The van der Waals surface area contributed by atoms with E-state index in [4.69, 9.17) is 4.74 Å². The molecule has 2 aromatic rings. The Bertz CT molecular complexity index is 951. The van der Waals surface area contributed by atoms with Crippen LogP contribution in [0.1, 0.15) is 23.1 Å². The molecule has 0 spiro atoms. The number of morpholine rings is 1. The minimum atomic E-state index is -4.50. The molecule has 0 radical (unpaired) electrons. The summed E-state index contributed by atoms with van der Waals surface area (Å²) in [6.45, 7) is 3.97. The molecule has 2 N–H and O–H groups in total. The first kappa shape index (κ1) is 22.6. The smallest absolute Gasteiger partial charge is 0.380 e. The second kappa shape index (κ2) is 10.3. The van der Waals surface area contributed by atoms with Crippen molar-refractivity contribution in [1.82, 2.24) is 4.90 Å². The Kier molecular flexibility index (Phi) is 7.50. The normalized spacial score (nSPS) is 14.6. The molecule has 1 fully saturated rings. The Hall–Kier alpha value is -3.09. The Morgan fingerprint density at radius 2 is 1.94 bits per heavy atom. The molecule has 1 heterocycles. The number of carbonyl (C=O) groups is 1. The van der Waals surface area contributed by atoms with Crippen LogP contribution in [-0.2, 0) is 22.3 Å². The van der Waals surface area contributed by atoms with E-state index in [0.29, 0.717) is 37.6 Å². The van der Waals surface area contributed by atoms with Crippen molar-refractivity contribution in [2.45, 2.75) is 19.1 Å². The van der Waals surface area contributed by atoms with Crippen LogP contribution in [-0.4, -0.2) is 43.7 Å². The fraction of sp³-hybridized carbons (Fsp3) is 0.364. The summed E-state index contributed by atoms with van der Waals surface area (Å²) >= 11 is 0. The van der Waals surface area contributed by atoms with Crippen LogP contribution >= 0.6 is 0 Å². The third-order valence-corrected chi connectivity index (χ3v) is 4.92. The molecule has 0 bridgehead atoms. The number of amides is 1. The van der Waals surface area contributed by atoms with E-state index >= 15 is 0 Å². The summed E-state index contributed by atoms with van der Waals surface area (Å²) in [5.41, 5.74) is 0.822. The molecule has 31 heavy (non-hydrogen) atoms. The van der Waals surface area contributed by atoms with Crippen LogP contribution in [0.25, 0.3) is 0 Å². The van der Waals surface area contributed by atoms with Crippen molar-refractivity contribution in [2.24, 2.45) is 0 Å². The molecular formula is C22H23F3N4O2. The van der Waals surface area contributed by atoms with E-state index < -0.39 is 11.7 Å². The van der Waals surface area contributed by atoms with Crippen LogP contribution in [0.4, 0.5) is 24.5 Å². The van der Waals surface area contributed by atoms with Gasteiger partial charge in [-0.3, -0.25) is 9.69 Å². The minimum Gasteiger partial charge on any atom is -0.380 e. The van der Waals surface area contributed by atoms with Gasteiger partial charge in [0, 0.05) is 38.3 Å². The van der Waals surface area contributed by atoms with Gasteiger partial charge in [-0.05, 0) is 35.9 Å². The second-order valence-electron chi connectivity index (χ2n) is 7.18. The van der Waals surface area contributed by atoms with Gasteiger partial charge in [0.15, 0.2) is 0 Å². The number of hydrogen-bond acceptors (Lipinski definition) is 5. The van der Waals surface area contributed by atoms with Gasteiger partial charge in [0.1, 0.15) is 6.07 Å². The van der Waals surface area contributed by atoms with Gasteiger partial charge in [-0.25, -0.2) is 0 Å². The second-order valence-corrected chi connectivity index (χ2v) is 7.18. The molecule has 0 aromatic heterocycles. The fourth-order valence-corrected chi connectivity index (χ4v) is 3.23. The zero-order valence-electron chi connectivity index (χ0n) is 16.8.